The van der Waals surface area contributed by atoms with Gasteiger partial charge in [-0.2, -0.15) is 0 Å². The number of para-hydroxylation sites is 1. The van der Waals surface area contributed by atoms with Gasteiger partial charge in [0.05, 0.1) is 31.9 Å². The number of fused-ring (bicyclic) bond motifs is 1. The molecule has 41 heavy (non-hydrogen) atoms. The quantitative estimate of drug-likeness (QED) is 0.329. The highest BCUT2D eigenvalue weighted by atomic mass is 16.6. The van der Waals surface area contributed by atoms with Crippen molar-refractivity contribution < 1.29 is 33.4 Å². The summed E-state index contributed by atoms with van der Waals surface area (Å²) < 4.78 is 17.3. The second kappa shape index (κ2) is 13.5. The van der Waals surface area contributed by atoms with Gasteiger partial charge in [0.15, 0.2) is 0 Å². The summed E-state index contributed by atoms with van der Waals surface area (Å²) in [4.78, 5) is 51.0. The maximum Gasteiger partial charge on any atom is 0.419 e. The molecule has 0 aliphatic carbocycles. The predicted octanol–water partition coefficient (Wildman–Crippen LogP) is 2.91. The number of amides is 2. The summed E-state index contributed by atoms with van der Waals surface area (Å²) in [7, 11) is 1.26. The van der Waals surface area contributed by atoms with E-state index in [0.29, 0.717) is 49.6 Å². The van der Waals surface area contributed by atoms with Crippen molar-refractivity contribution in [2.45, 2.75) is 78.0 Å². The van der Waals surface area contributed by atoms with Crippen LogP contribution in [0.3, 0.4) is 0 Å². The number of aromatic nitrogens is 1. The summed E-state index contributed by atoms with van der Waals surface area (Å²) in [6, 6.07) is 5.75. The third-order valence-electron chi connectivity index (χ3n) is 7.03. The van der Waals surface area contributed by atoms with Crippen molar-refractivity contribution in [2.24, 2.45) is 17.1 Å². The molecule has 2 aromatic rings. The molecule has 0 bridgehead atoms. The lowest BCUT2D eigenvalue weighted by Gasteiger charge is -2.41. The molecule has 1 aromatic carbocycles. The molecule has 1 aliphatic rings. The predicted molar refractivity (Wildman–Crippen MR) is 154 cm³/mol. The van der Waals surface area contributed by atoms with Gasteiger partial charge in [0.1, 0.15) is 11.6 Å². The van der Waals surface area contributed by atoms with Crippen LogP contribution in [0.25, 0.3) is 10.9 Å². The SMILES string of the molecule is COC(=O)[C@H](Cc1cn(C(=O)OC(C)(C)C)c2ccccc12)NC(=O)CCC1(CNC(=O)[C@@H](N)CC(C)C)COC1. The molecule has 1 saturated heterocycles. The Morgan fingerprint density at radius 2 is 1.83 bits per heavy atom. The van der Waals surface area contributed by atoms with E-state index in [0.717, 1.165) is 5.39 Å². The lowest BCUT2D eigenvalue weighted by atomic mass is 9.81. The maximum atomic E-state index is 13.0. The highest BCUT2D eigenvalue weighted by molar-refractivity contribution is 5.93. The molecule has 226 valence electrons. The van der Waals surface area contributed by atoms with Crippen molar-refractivity contribution in [2.75, 3.05) is 26.9 Å². The van der Waals surface area contributed by atoms with Crippen LogP contribution in [-0.2, 0) is 35.0 Å². The second-order valence-electron chi connectivity index (χ2n) is 12.3. The molecular formula is C30H44N4O7. The number of benzene rings is 1. The number of nitrogens with two attached hydrogens (primary N) is 1. The standard InChI is InChI=1S/C30H44N4O7/c1-19(2)13-22(31)26(36)32-16-30(17-40-18-30)12-11-25(35)33-23(27(37)39-6)14-20-15-34(28(38)41-29(3,4)5)24-10-8-7-9-21(20)24/h7-10,15,19,22-23H,11-14,16-18,31H2,1-6H3,(H,32,36)(H,33,35)/t22-,23-/m0/s1. The first-order valence-electron chi connectivity index (χ1n) is 14.0. The van der Waals surface area contributed by atoms with Gasteiger partial charge in [-0.15, -0.1) is 0 Å². The minimum absolute atomic E-state index is 0.118. The van der Waals surface area contributed by atoms with Gasteiger partial charge in [-0.25, -0.2) is 9.59 Å². The molecule has 11 heteroatoms. The van der Waals surface area contributed by atoms with Crippen LogP contribution < -0.4 is 16.4 Å². The van der Waals surface area contributed by atoms with Crippen molar-refractivity contribution in [3.63, 3.8) is 0 Å². The van der Waals surface area contributed by atoms with Gasteiger partial charge < -0.3 is 30.6 Å². The zero-order valence-corrected chi connectivity index (χ0v) is 25.0. The fraction of sp³-hybridized carbons (Fsp3) is 0.600. The zero-order chi connectivity index (χ0) is 30.4. The zero-order valence-electron chi connectivity index (χ0n) is 25.0. The molecule has 0 spiro atoms. The number of nitrogens with zero attached hydrogens (tertiary/aromatic N) is 1. The fourth-order valence-electron chi connectivity index (χ4n) is 4.82. The van der Waals surface area contributed by atoms with E-state index in [1.54, 1.807) is 33.0 Å². The van der Waals surface area contributed by atoms with E-state index in [2.05, 4.69) is 10.6 Å². The molecule has 1 aliphatic heterocycles. The first kappa shape index (κ1) is 32.1. The second-order valence-corrected chi connectivity index (χ2v) is 12.3. The van der Waals surface area contributed by atoms with Crippen LogP contribution in [0.4, 0.5) is 4.79 Å². The molecule has 0 saturated carbocycles. The molecule has 2 amide bonds. The van der Waals surface area contributed by atoms with Gasteiger partial charge in [0, 0.05) is 36.4 Å². The summed E-state index contributed by atoms with van der Waals surface area (Å²) in [5, 5.41) is 6.47. The molecular weight excluding hydrogens is 528 g/mol. The van der Waals surface area contributed by atoms with E-state index in [1.807, 2.05) is 32.0 Å². The number of rotatable bonds is 12. The molecule has 4 N–H and O–H groups in total. The van der Waals surface area contributed by atoms with Gasteiger partial charge in [-0.1, -0.05) is 32.0 Å². The van der Waals surface area contributed by atoms with E-state index in [9.17, 15) is 19.2 Å². The number of esters is 1. The third-order valence-corrected chi connectivity index (χ3v) is 7.03. The number of hydrogen-bond acceptors (Lipinski definition) is 8. The van der Waals surface area contributed by atoms with Gasteiger partial charge in [0.2, 0.25) is 11.8 Å². The molecule has 2 atom stereocenters. The summed E-state index contributed by atoms with van der Waals surface area (Å²) >= 11 is 0. The van der Waals surface area contributed by atoms with Gasteiger partial charge >= 0.3 is 12.1 Å². The van der Waals surface area contributed by atoms with Crippen LogP contribution in [0.2, 0.25) is 0 Å². The Balaban J connectivity index is 1.67. The Morgan fingerprint density at radius 3 is 2.41 bits per heavy atom. The van der Waals surface area contributed by atoms with E-state index in [1.165, 1.54) is 11.7 Å². The molecule has 0 unspecified atom stereocenters. The molecule has 0 radical (unpaired) electrons. The van der Waals surface area contributed by atoms with E-state index in [4.69, 9.17) is 19.9 Å². The number of carbonyl (C=O) groups is 4. The summed E-state index contributed by atoms with van der Waals surface area (Å²) in [5.74, 6) is -0.839. The Bertz CT molecular complexity index is 1240. The van der Waals surface area contributed by atoms with Gasteiger partial charge in [-0.3, -0.25) is 14.2 Å². The molecule has 3 rings (SSSR count). The molecule has 2 heterocycles. The highest BCUT2D eigenvalue weighted by Crippen LogP contribution is 2.32. The van der Waals surface area contributed by atoms with Crippen molar-refractivity contribution in [1.29, 1.82) is 0 Å². The van der Waals surface area contributed by atoms with Crippen LogP contribution in [0, 0.1) is 11.3 Å². The Labute approximate surface area is 241 Å². The topological polar surface area (TPSA) is 151 Å². The smallest absolute Gasteiger partial charge is 0.419 e. The minimum Gasteiger partial charge on any atom is -0.467 e. The number of ether oxygens (including phenoxy) is 3. The van der Waals surface area contributed by atoms with Gasteiger partial charge in [-0.05, 0) is 51.2 Å². The summed E-state index contributed by atoms with van der Waals surface area (Å²) in [5.41, 5.74) is 6.26. The largest absolute Gasteiger partial charge is 0.467 e. The maximum absolute atomic E-state index is 13.0. The Hall–Kier alpha value is -3.44. The average molecular weight is 573 g/mol. The first-order valence-corrected chi connectivity index (χ1v) is 14.0. The molecule has 1 aromatic heterocycles. The van der Waals surface area contributed by atoms with Crippen molar-refractivity contribution in [3.8, 4) is 0 Å². The van der Waals surface area contributed by atoms with Crippen molar-refractivity contribution in [1.82, 2.24) is 15.2 Å². The fourth-order valence-corrected chi connectivity index (χ4v) is 4.82. The van der Waals surface area contributed by atoms with Crippen molar-refractivity contribution >= 4 is 34.8 Å². The number of nitrogens with one attached hydrogen (secondary N) is 2. The monoisotopic (exact) mass is 572 g/mol. The number of carbonyl (C=O) groups excluding carboxylic acids is 4. The number of hydrogen-bond donors (Lipinski definition) is 3. The third kappa shape index (κ3) is 8.77. The van der Waals surface area contributed by atoms with Crippen LogP contribution >= 0.6 is 0 Å². The van der Waals surface area contributed by atoms with Crippen LogP contribution in [0.15, 0.2) is 30.5 Å². The number of methoxy groups -OCH3 is 1. The van der Waals surface area contributed by atoms with Crippen LogP contribution in [-0.4, -0.2) is 73.0 Å². The summed E-state index contributed by atoms with van der Waals surface area (Å²) in [6.45, 7) is 10.6. The highest BCUT2D eigenvalue weighted by Gasteiger charge is 2.39. The molecule has 1 fully saturated rings. The van der Waals surface area contributed by atoms with Gasteiger partial charge in [0.25, 0.3) is 0 Å². The van der Waals surface area contributed by atoms with Crippen LogP contribution in [0.5, 0.6) is 0 Å². The Morgan fingerprint density at radius 1 is 1.15 bits per heavy atom. The minimum atomic E-state index is -0.965. The van der Waals surface area contributed by atoms with Crippen molar-refractivity contribution in [3.05, 3.63) is 36.0 Å². The van der Waals surface area contributed by atoms with Crippen LogP contribution in [0.1, 0.15) is 59.4 Å². The summed E-state index contributed by atoms with van der Waals surface area (Å²) in [6.07, 6.45) is 2.39. The Kier molecular flexibility index (Phi) is 10.5. The average Bonchev–Trinajstić information content (AvgIpc) is 3.24. The van der Waals surface area contributed by atoms with E-state index < -0.39 is 29.7 Å². The normalized spacial score (nSPS) is 16.0. The lowest BCUT2D eigenvalue weighted by Crippen LogP contribution is -2.54. The first-order chi connectivity index (χ1) is 19.2. The lowest BCUT2D eigenvalue weighted by molar-refractivity contribution is -0.146. The van der Waals surface area contributed by atoms with E-state index >= 15 is 0 Å². The molecule has 11 nitrogen and oxygen atoms in total. The van der Waals surface area contributed by atoms with E-state index in [-0.39, 0.29) is 30.1 Å².